The summed E-state index contributed by atoms with van der Waals surface area (Å²) >= 11 is 0. The van der Waals surface area contributed by atoms with Crippen LogP contribution in [0.5, 0.6) is 11.5 Å². The number of nitrogens with one attached hydrogen (secondary N) is 1. The van der Waals surface area contributed by atoms with E-state index in [1.807, 2.05) is 72.0 Å². The minimum atomic E-state index is -0.0632. The number of ether oxygens (including phenoxy) is 2. The van der Waals surface area contributed by atoms with Gasteiger partial charge in [-0.3, -0.25) is 4.79 Å². The molecule has 0 aliphatic rings. The summed E-state index contributed by atoms with van der Waals surface area (Å²) in [5.41, 5.74) is 1.09. The zero-order chi connectivity index (χ0) is 19.6. The Morgan fingerprint density at radius 1 is 1.04 bits per heavy atom. The summed E-state index contributed by atoms with van der Waals surface area (Å²) in [6, 6.07) is 21.1. The second kappa shape index (κ2) is 10.2. The monoisotopic (exact) mass is 381 g/mol. The van der Waals surface area contributed by atoms with E-state index in [2.05, 4.69) is 5.32 Å². The van der Waals surface area contributed by atoms with Crippen LogP contribution in [0.25, 0.3) is 0 Å². The normalized spacial score (nSPS) is 11.6. The van der Waals surface area contributed by atoms with E-state index in [4.69, 9.17) is 13.9 Å². The van der Waals surface area contributed by atoms with Gasteiger partial charge in [-0.2, -0.15) is 0 Å². The largest absolute Gasteiger partial charge is 0.493 e. The Labute approximate surface area is 164 Å². The van der Waals surface area contributed by atoms with Crippen molar-refractivity contribution in [2.75, 3.05) is 26.8 Å². The van der Waals surface area contributed by atoms with E-state index >= 15 is 0 Å². The van der Waals surface area contributed by atoms with Gasteiger partial charge in [-0.1, -0.05) is 42.5 Å². The third-order valence-corrected chi connectivity index (χ3v) is 4.30. The zero-order valence-corrected chi connectivity index (χ0v) is 15.8. The van der Waals surface area contributed by atoms with Crippen molar-refractivity contribution in [1.82, 2.24) is 5.32 Å². The SMILES string of the molecule is COc1ccccc1OCCNC(=O)C[NH2+][C@H](c1ccccc1)c1ccco1. The standard InChI is InChI=1S/C22H24N2O4/c1-26-18-10-5-6-11-19(18)28-15-13-23-21(25)16-24-22(20-12-7-14-27-20)17-8-3-2-4-9-17/h2-12,14,22,24H,13,15-16H2,1H3,(H,23,25)/p+1/t22-/m1/s1. The van der Waals surface area contributed by atoms with Gasteiger partial charge in [0.25, 0.3) is 5.91 Å². The number of para-hydroxylation sites is 2. The first-order chi connectivity index (χ1) is 13.8. The molecule has 0 radical (unpaired) electrons. The molecule has 146 valence electrons. The molecule has 0 aliphatic carbocycles. The van der Waals surface area contributed by atoms with Crippen molar-refractivity contribution in [2.24, 2.45) is 0 Å². The number of furan rings is 1. The molecule has 1 aromatic heterocycles. The average molecular weight is 381 g/mol. The van der Waals surface area contributed by atoms with Crippen LogP contribution >= 0.6 is 0 Å². The Morgan fingerprint density at radius 3 is 2.50 bits per heavy atom. The highest BCUT2D eigenvalue weighted by atomic mass is 16.5. The first kappa shape index (κ1) is 19.5. The van der Waals surface area contributed by atoms with Crippen LogP contribution in [0.4, 0.5) is 0 Å². The summed E-state index contributed by atoms with van der Waals surface area (Å²) < 4.78 is 16.5. The quantitative estimate of drug-likeness (QED) is 0.528. The Bertz CT molecular complexity index is 850. The van der Waals surface area contributed by atoms with E-state index in [0.29, 0.717) is 24.7 Å². The first-order valence-corrected chi connectivity index (χ1v) is 9.22. The van der Waals surface area contributed by atoms with E-state index in [1.54, 1.807) is 13.4 Å². The molecule has 3 N–H and O–H groups in total. The lowest BCUT2D eigenvalue weighted by Crippen LogP contribution is -2.87. The Balaban J connectivity index is 1.46. The number of carbonyl (C=O) groups is 1. The summed E-state index contributed by atoms with van der Waals surface area (Å²) in [7, 11) is 1.60. The predicted octanol–water partition coefficient (Wildman–Crippen LogP) is 2.14. The molecule has 1 heterocycles. The lowest BCUT2D eigenvalue weighted by atomic mass is 10.0. The van der Waals surface area contributed by atoms with Gasteiger partial charge < -0.3 is 24.5 Å². The summed E-state index contributed by atoms with van der Waals surface area (Å²) in [5, 5.41) is 4.84. The van der Waals surface area contributed by atoms with Crippen LogP contribution in [0.3, 0.4) is 0 Å². The number of methoxy groups -OCH3 is 1. The van der Waals surface area contributed by atoms with Crippen LogP contribution in [0, 0.1) is 0 Å². The number of carbonyl (C=O) groups excluding carboxylic acids is 1. The lowest BCUT2D eigenvalue weighted by molar-refractivity contribution is -0.678. The minimum absolute atomic E-state index is 0.0592. The summed E-state index contributed by atoms with van der Waals surface area (Å²) in [6.45, 7) is 1.07. The van der Waals surface area contributed by atoms with Crippen LogP contribution in [-0.4, -0.2) is 32.7 Å². The van der Waals surface area contributed by atoms with Gasteiger partial charge >= 0.3 is 0 Å². The van der Waals surface area contributed by atoms with Gasteiger partial charge in [0.05, 0.1) is 19.9 Å². The molecule has 2 aromatic carbocycles. The molecule has 6 heteroatoms. The lowest BCUT2D eigenvalue weighted by Gasteiger charge is -2.14. The fraction of sp³-hybridized carbons (Fsp3) is 0.227. The van der Waals surface area contributed by atoms with Crippen molar-refractivity contribution < 1.29 is 24.0 Å². The van der Waals surface area contributed by atoms with E-state index in [1.165, 1.54) is 0 Å². The maximum Gasteiger partial charge on any atom is 0.275 e. The highest BCUT2D eigenvalue weighted by Gasteiger charge is 2.21. The molecule has 1 amide bonds. The molecule has 28 heavy (non-hydrogen) atoms. The molecule has 3 rings (SSSR count). The highest BCUT2D eigenvalue weighted by Crippen LogP contribution is 2.25. The topological polar surface area (TPSA) is 77.3 Å². The first-order valence-electron chi connectivity index (χ1n) is 9.22. The molecule has 1 atom stereocenters. The predicted molar refractivity (Wildman–Crippen MR) is 105 cm³/mol. The van der Waals surface area contributed by atoms with Crippen molar-refractivity contribution in [3.63, 3.8) is 0 Å². The number of amides is 1. The summed E-state index contributed by atoms with van der Waals surface area (Å²) in [6.07, 6.45) is 1.65. The number of benzene rings is 2. The van der Waals surface area contributed by atoms with Crippen molar-refractivity contribution in [3.05, 3.63) is 84.3 Å². The summed E-state index contributed by atoms with van der Waals surface area (Å²) in [5.74, 6) is 2.09. The van der Waals surface area contributed by atoms with Crippen LogP contribution in [0.15, 0.2) is 77.4 Å². The van der Waals surface area contributed by atoms with Crippen LogP contribution in [0.1, 0.15) is 17.4 Å². The van der Waals surface area contributed by atoms with Gasteiger partial charge in [-0.15, -0.1) is 0 Å². The zero-order valence-electron chi connectivity index (χ0n) is 15.8. The Morgan fingerprint density at radius 2 is 1.79 bits per heavy atom. The van der Waals surface area contributed by atoms with Gasteiger partial charge in [0.2, 0.25) is 0 Å². The molecule has 3 aromatic rings. The van der Waals surface area contributed by atoms with Gasteiger partial charge in [0.15, 0.2) is 29.8 Å². The van der Waals surface area contributed by atoms with Gasteiger partial charge in [0.1, 0.15) is 6.61 Å². The number of nitrogens with two attached hydrogens (primary N) is 1. The third-order valence-electron chi connectivity index (χ3n) is 4.30. The smallest absolute Gasteiger partial charge is 0.275 e. The number of hydrogen-bond donors (Lipinski definition) is 2. The molecular formula is C22H25N2O4+. The highest BCUT2D eigenvalue weighted by molar-refractivity contribution is 5.76. The number of hydrogen-bond acceptors (Lipinski definition) is 4. The Kier molecular flexibility index (Phi) is 7.09. The van der Waals surface area contributed by atoms with Gasteiger partial charge in [-0.25, -0.2) is 0 Å². The average Bonchev–Trinajstić information content (AvgIpc) is 3.27. The van der Waals surface area contributed by atoms with Crippen LogP contribution in [0.2, 0.25) is 0 Å². The van der Waals surface area contributed by atoms with Gasteiger partial charge in [-0.05, 0) is 24.3 Å². The molecule has 0 fully saturated rings. The van der Waals surface area contributed by atoms with Crippen molar-refractivity contribution in [2.45, 2.75) is 6.04 Å². The van der Waals surface area contributed by atoms with Crippen LogP contribution < -0.4 is 20.1 Å². The second-order valence-electron chi connectivity index (χ2n) is 6.19. The number of rotatable bonds is 10. The van der Waals surface area contributed by atoms with E-state index in [0.717, 1.165) is 11.3 Å². The van der Waals surface area contributed by atoms with Crippen LogP contribution in [-0.2, 0) is 4.79 Å². The second-order valence-corrected chi connectivity index (χ2v) is 6.19. The molecule has 6 nitrogen and oxygen atoms in total. The van der Waals surface area contributed by atoms with E-state index < -0.39 is 0 Å². The van der Waals surface area contributed by atoms with Crippen molar-refractivity contribution in [3.8, 4) is 11.5 Å². The molecule has 0 unspecified atom stereocenters. The molecule has 0 aliphatic heterocycles. The van der Waals surface area contributed by atoms with E-state index in [9.17, 15) is 4.79 Å². The molecular weight excluding hydrogens is 356 g/mol. The number of quaternary nitrogens is 1. The van der Waals surface area contributed by atoms with Crippen molar-refractivity contribution in [1.29, 1.82) is 0 Å². The third kappa shape index (κ3) is 5.37. The van der Waals surface area contributed by atoms with Gasteiger partial charge in [0, 0.05) is 5.56 Å². The fourth-order valence-corrected chi connectivity index (χ4v) is 2.93. The maximum absolute atomic E-state index is 12.2. The molecule has 0 bridgehead atoms. The van der Waals surface area contributed by atoms with Crippen molar-refractivity contribution >= 4 is 5.91 Å². The molecule has 0 saturated carbocycles. The minimum Gasteiger partial charge on any atom is -0.493 e. The van der Waals surface area contributed by atoms with E-state index in [-0.39, 0.29) is 18.5 Å². The summed E-state index contributed by atoms with van der Waals surface area (Å²) in [4.78, 5) is 12.2. The fourth-order valence-electron chi connectivity index (χ4n) is 2.93. The maximum atomic E-state index is 12.2. The Hall–Kier alpha value is -3.25. The molecule has 0 saturated heterocycles. The molecule has 0 spiro atoms.